The number of benzene rings is 2. The van der Waals surface area contributed by atoms with Crippen LogP contribution in [0.3, 0.4) is 0 Å². The number of likely N-dealkylation sites (N-methyl/N-ethyl adjacent to an activating group) is 1. The van der Waals surface area contributed by atoms with Gasteiger partial charge in [0.2, 0.25) is 0 Å². The van der Waals surface area contributed by atoms with E-state index in [0.29, 0.717) is 35.6 Å². The van der Waals surface area contributed by atoms with Gasteiger partial charge in [-0.3, -0.25) is 14.9 Å². The van der Waals surface area contributed by atoms with Crippen molar-refractivity contribution in [2.45, 2.75) is 26.5 Å². The molecule has 1 aliphatic rings. The highest BCUT2D eigenvalue weighted by atomic mass is 16.3. The zero-order chi connectivity index (χ0) is 25.6. The van der Waals surface area contributed by atoms with Crippen LogP contribution >= 0.6 is 0 Å². The van der Waals surface area contributed by atoms with E-state index in [1.807, 2.05) is 22.9 Å². The molecular formula is C27H30N6O3. The lowest BCUT2D eigenvalue weighted by Crippen LogP contribution is -2.34. The maximum atomic E-state index is 13.2. The second-order valence-electron chi connectivity index (χ2n) is 9.15. The highest BCUT2D eigenvalue weighted by Gasteiger charge is 2.35. The number of rotatable bonds is 8. The zero-order valence-corrected chi connectivity index (χ0v) is 20.3. The van der Waals surface area contributed by atoms with Gasteiger partial charge in [-0.15, -0.1) is 0 Å². The number of nitrogen functional groups attached to an aromatic ring is 2. The van der Waals surface area contributed by atoms with Crippen LogP contribution in [0.1, 0.15) is 25.0 Å². The Morgan fingerprint density at radius 3 is 2.28 bits per heavy atom. The minimum atomic E-state index is -0.616. The van der Waals surface area contributed by atoms with Crippen molar-refractivity contribution in [2.75, 3.05) is 31.1 Å². The van der Waals surface area contributed by atoms with Gasteiger partial charge in [0.25, 0.3) is 11.8 Å². The van der Waals surface area contributed by atoms with Crippen molar-refractivity contribution < 1.29 is 14.7 Å². The Kier molecular flexibility index (Phi) is 6.03. The van der Waals surface area contributed by atoms with Crippen molar-refractivity contribution in [3.63, 3.8) is 0 Å². The van der Waals surface area contributed by atoms with E-state index in [-0.39, 0.29) is 11.1 Å². The number of aliphatic hydroxyl groups excluding tert-OH is 1. The molecule has 1 atom stereocenters. The number of hydrogen-bond acceptors (Lipinski definition) is 6. The summed E-state index contributed by atoms with van der Waals surface area (Å²) in [5, 5.41) is 14.8. The number of aromatic amines is 1. The Morgan fingerprint density at radius 2 is 1.58 bits per heavy atom. The van der Waals surface area contributed by atoms with Gasteiger partial charge in [-0.25, -0.2) is 0 Å². The number of H-pyrrole nitrogens is 1. The van der Waals surface area contributed by atoms with Crippen LogP contribution in [0.25, 0.3) is 33.0 Å². The number of imide groups is 1. The zero-order valence-electron chi connectivity index (χ0n) is 20.3. The van der Waals surface area contributed by atoms with Gasteiger partial charge in [0.1, 0.15) is 0 Å². The van der Waals surface area contributed by atoms with E-state index in [1.54, 1.807) is 30.5 Å². The number of amides is 2. The van der Waals surface area contributed by atoms with Crippen molar-refractivity contribution in [1.29, 1.82) is 0 Å². The largest absolute Gasteiger partial charge is 0.399 e. The fourth-order valence-corrected chi connectivity index (χ4v) is 5.04. The summed E-state index contributed by atoms with van der Waals surface area (Å²) >= 11 is 0. The molecule has 0 fully saturated rings. The Balaban J connectivity index is 1.68. The van der Waals surface area contributed by atoms with Crippen molar-refractivity contribution >= 4 is 56.1 Å². The van der Waals surface area contributed by atoms with Gasteiger partial charge in [-0.1, -0.05) is 13.8 Å². The highest BCUT2D eigenvalue weighted by Crippen LogP contribution is 2.39. The van der Waals surface area contributed by atoms with Crippen molar-refractivity contribution in [3.05, 3.63) is 59.9 Å². The van der Waals surface area contributed by atoms with Crippen LogP contribution in [0.4, 0.5) is 11.4 Å². The molecule has 0 saturated carbocycles. The molecular weight excluding hydrogens is 456 g/mol. The first kappa shape index (κ1) is 23.7. The molecule has 3 heterocycles. The van der Waals surface area contributed by atoms with E-state index in [1.165, 1.54) is 0 Å². The second kappa shape index (κ2) is 9.18. The van der Waals surface area contributed by atoms with E-state index in [2.05, 4.69) is 29.0 Å². The summed E-state index contributed by atoms with van der Waals surface area (Å²) in [5.74, 6) is -0.942. The maximum absolute atomic E-state index is 13.2. The minimum Gasteiger partial charge on any atom is -0.399 e. The lowest BCUT2D eigenvalue weighted by atomic mass is 9.95. The van der Waals surface area contributed by atoms with Gasteiger partial charge in [0, 0.05) is 69.8 Å². The number of hydrogen-bond donors (Lipinski definition) is 5. The minimum absolute atomic E-state index is 0.274. The molecule has 0 spiro atoms. The van der Waals surface area contributed by atoms with Crippen LogP contribution in [-0.2, 0) is 16.1 Å². The van der Waals surface area contributed by atoms with Crippen molar-refractivity contribution in [1.82, 2.24) is 19.8 Å². The van der Waals surface area contributed by atoms with Gasteiger partial charge in [-0.2, -0.15) is 0 Å². The fourth-order valence-electron chi connectivity index (χ4n) is 5.04. The van der Waals surface area contributed by atoms with Crippen LogP contribution < -0.4 is 16.8 Å². The predicted molar refractivity (Wildman–Crippen MR) is 143 cm³/mol. The van der Waals surface area contributed by atoms with Gasteiger partial charge >= 0.3 is 0 Å². The number of nitrogens with zero attached hydrogens (tertiary/aromatic N) is 2. The number of nitrogens with two attached hydrogens (primary N) is 2. The molecule has 2 aromatic carbocycles. The van der Waals surface area contributed by atoms with E-state index in [0.717, 1.165) is 34.9 Å². The average Bonchev–Trinajstić information content (AvgIpc) is 3.49. The highest BCUT2D eigenvalue weighted by molar-refractivity contribution is 6.50. The molecule has 2 amide bonds. The smallest absolute Gasteiger partial charge is 0.259 e. The first-order valence-corrected chi connectivity index (χ1v) is 12.1. The Hall–Kier alpha value is -4.08. The number of fused-ring (bicyclic) bond motifs is 2. The van der Waals surface area contributed by atoms with E-state index in [9.17, 15) is 14.7 Å². The van der Waals surface area contributed by atoms with Gasteiger partial charge in [0.05, 0.1) is 17.3 Å². The van der Waals surface area contributed by atoms with Crippen LogP contribution in [0.2, 0.25) is 0 Å². The Morgan fingerprint density at radius 1 is 0.944 bits per heavy atom. The number of aliphatic hydroxyl groups is 1. The molecule has 186 valence electrons. The van der Waals surface area contributed by atoms with Gasteiger partial charge < -0.3 is 31.0 Å². The summed E-state index contributed by atoms with van der Waals surface area (Å²) in [6, 6.07) is 10.9. The molecule has 0 radical (unpaired) electrons. The molecule has 2 aromatic heterocycles. The summed E-state index contributed by atoms with van der Waals surface area (Å²) in [6.45, 7) is 6.67. The summed E-state index contributed by atoms with van der Waals surface area (Å²) in [4.78, 5) is 31.5. The first-order chi connectivity index (χ1) is 17.3. The van der Waals surface area contributed by atoms with Crippen LogP contribution in [0, 0.1) is 0 Å². The standard InChI is InChI=1S/C27H30N6O3/c1-3-32(4-2)12-17(34)13-33-14-21(19-10-16(29)6-8-23(19)33)25-24(26(35)31-27(25)36)20-11-30-22-7-5-15(28)9-18(20)22/h5-11,14,17,30,34H,3-4,12-13,28-29H2,1-2H3,(H,31,35,36). The van der Waals surface area contributed by atoms with E-state index < -0.39 is 17.9 Å². The van der Waals surface area contributed by atoms with Crippen LogP contribution in [0.15, 0.2) is 48.8 Å². The monoisotopic (exact) mass is 486 g/mol. The third-order valence-corrected chi connectivity index (χ3v) is 6.85. The third-order valence-electron chi connectivity index (χ3n) is 6.85. The maximum Gasteiger partial charge on any atom is 0.259 e. The topological polar surface area (TPSA) is 142 Å². The molecule has 5 rings (SSSR count). The number of nitrogens with one attached hydrogen (secondary N) is 2. The van der Waals surface area contributed by atoms with Gasteiger partial charge in [-0.05, 0) is 49.5 Å². The molecule has 4 aromatic rings. The lowest BCUT2D eigenvalue weighted by Gasteiger charge is -2.22. The first-order valence-electron chi connectivity index (χ1n) is 12.1. The lowest BCUT2D eigenvalue weighted by molar-refractivity contribution is -0.122. The van der Waals surface area contributed by atoms with E-state index in [4.69, 9.17) is 11.5 Å². The number of carbonyl (C=O) groups excluding carboxylic acids is 2. The van der Waals surface area contributed by atoms with Crippen LogP contribution in [0.5, 0.6) is 0 Å². The fraction of sp³-hybridized carbons (Fsp3) is 0.259. The molecule has 0 bridgehead atoms. The average molecular weight is 487 g/mol. The molecule has 7 N–H and O–H groups in total. The normalized spacial score (nSPS) is 15.0. The predicted octanol–water partition coefficient (Wildman–Crippen LogP) is 2.56. The number of aromatic nitrogens is 2. The van der Waals surface area contributed by atoms with Crippen molar-refractivity contribution in [2.24, 2.45) is 0 Å². The second-order valence-corrected chi connectivity index (χ2v) is 9.15. The SMILES string of the molecule is CCN(CC)CC(O)Cn1cc(C2=C(c3c[nH]c4ccc(N)cc34)C(=O)NC2=O)c2cc(N)ccc21. The van der Waals surface area contributed by atoms with Gasteiger partial charge in [0.15, 0.2) is 0 Å². The molecule has 9 nitrogen and oxygen atoms in total. The third kappa shape index (κ3) is 4.02. The summed E-state index contributed by atoms with van der Waals surface area (Å²) < 4.78 is 1.92. The molecule has 36 heavy (non-hydrogen) atoms. The molecule has 1 aliphatic heterocycles. The summed E-state index contributed by atoms with van der Waals surface area (Å²) in [5.41, 5.74) is 16.6. The van der Waals surface area contributed by atoms with E-state index >= 15 is 0 Å². The molecule has 9 heteroatoms. The summed E-state index contributed by atoms with van der Waals surface area (Å²) in [6.07, 6.45) is 2.93. The number of carbonyl (C=O) groups is 2. The Labute approximate surface area is 208 Å². The Bertz CT molecular complexity index is 1530. The molecule has 0 aliphatic carbocycles. The number of anilines is 2. The van der Waals surface area contributed by atoms with Crippen LogP contribution in [-0.4, -0.2) is 57.1 Å². The molecule has 1 unspecified atom stereocenters. The van der Waals surface area contributed by atoms with Crippen molar-refractivity contribution in [3.8, 4) is 0 Å². The summed E-state index contributed by atoms with van der Waals surface area (Å²) in [7, 11) is 0. The quantitative estimate of drug-likeness (QED) is 0.191. The molecule has 0 saturated heterocycles.